The predicted octanol–water partition coefficient (Wildman–Crippen LogP) is 3.31. The molecule has 2 aliphatic rings. The number of carbonyl (C=O) groups excluding carboxylic acids is 1. The number of hydrogen-bond donors (Lipinski definition) is 5. The van der Waals surface area contributed by atoms with Crippen LogP contribution in [-0.4, -0.2) is 99.2 Å². The number of ether oxygens (including phenoxy) is 2. The number of phosphoric ester groups is 1. The summed E-state index contributed by atoms with van der Waals surface area (Å²) in [6.45, 7) is 4.61. The van der Waals surface area contributed by atoms with Crippen LogP contribution in [0.4, 0.5) is 8.78 Å². The van der Waals surface area contributed by atoms with Gasteiger partial charge in [-0.3, -0.25) is 9.32 Å². The SMILES string of the molecule is CCN(CC)CC[C@]1(COP(=O)(O)OP(=O)(N[C@@H](C)C(=O)OCc2ccccc2)Oc2ccccc2)O[C@@H](N2C=CC(N)=NC2O)C(F)(F)C1O. The average molecular weight is 762 g/mol. The van der Waals surface area contributed by atoms with E-state index in [0.29, 0.717) is 23.6 Å². The molecule has 0 saturated carbocycles. The van der Waals surface area contributed by atoms with E-state index in [1.165, 1.54) is 31.2 Å². The van der Waals surface area contributed by atoms with Crippen LogP contribution in [0.5, 0.6) is 5.75 Å². The Morgan fingerprint density at radius 2 is 1.75 bits per heavy atom. The number of aliphatic hydroxyl groups excluding tert-OH is 2. The second kappa shape index (κ2) is 17.0. The highest BCUT2D eigenvalue weighted by atomic mass is 31.3. The highest BCUT2D eigenvalue weighted by molar-refractivity contribution is 7.63. The number of halogens is 2. The highest BCUT2D eigenvalue weighted by Gasteiger charge is 2.68. The second-order valence-electron chi connectivity index (χ2n) is 11.7. The maximum absolute atomic E-state index is 15.8. The number of carbonyl (C=O) groups is 1. The van der Waals surface area contributed by atoms with E-state index in [-0.39, 0.29) is 31.2 Å². The van der Waals surface area contributed by atoms with Crippen molar-refractivity contribution in [3.8, 4) is 5.75 Å². The van der Waals surface area contributed by atoms with Gasteiger partial charge in [-0.15, -0.1) is 0 Å². The molecule has 1 saturated heterocycles. The minimum atomic E-state index is -5.57. The maximum atomic E-state index is 15.8. The van der Waals surface area contributed by atoms with E-state index in [1.807, 2.05) is 18.7 Å². The molecule has 7 atom stereocenters. The Bertz CT molecular complexity index is 1620. The molecule has 0 amide bonds. The van der Waals surface area contributed by atoms with Crippen molar-refractivity contribution in [3.05, 3.63) is 78.5 Å². The summed E-state index contributed by atoms with van der Waals surface area (Å²) in [4.78, 5) is 29.7. The van der Waals surface area contributed by atoms with Crippen molar-refractivity contribution >= 4 is 27.4 Å². The maximum Gasteiger partial charge on any atom is 0.481 e. The molecule has 4 rings (SSSR count). The molecule has 4 unspecified atom stereocenters. The average Bonchev–Trinajstić information content (AvgIpc) is 3.28. The number of nitrogens with two attached hydrogens (primary N) is 1. The van der Waals surface area contributed by atoms with Crippen molar-refractivity contribution in [2.45, 2.75) is 70.0 Å². The van der Waals surface area contributed by atoms with Crippen LogP contribution >= 0.6 is 15.6 Å². The normalized spacial score (nSPS) is 25.9. The zero-order chi connectivity index (χ0) is 37.5. The molecule has 20 heteroatoms. The molecule has 1 fully saturated rings. The van der Waals surface area contributed by atoms with Crippen LogP contribution < -0.4 is 15.3 Å². The molecule has 0 aliphatic carbocycles. The number of benzene rings is 2. The summed E-state index contributed by atoms with van der Waals surface area (Å²) in [5, 5.41) is 23.7. The van der Waals surface area contributed by atoms with E-state index < -0.39 is 64.4 Å². The van der Waals surface area contributed by atoms with Gasteiger partial charge in [-0.05, 0) is 50.2 Å². The number of hydrogen-bond acceptors (Lipinski definition) is 14. The first-order valence-electron chi connectivity index (χ1n) is 16.0. The number of nitrogens with zero attached hydrogens (tertiary/aromatic N) is 3. The molecule has 2 aromatic rings. The molecule has 2 heterocycles. The summed E-state index contributed by atoms with van der Waals surface area (Å²) < 4.78 is 85.6. The molecule has 0 radical (unpaired) electrons. The van der Waals surface area contributed by atoms with Crippen LogP contribution in [-0.2, 0) is 38.8 Å². The van der Waals surface area contributed by atoms with E-state index in [4.69, 9.17) is 28.6 Å². The van der Waals surface area contributed by atoms with Gasteiger partial charge in [-0.2, -0.15) is 18.2 Å². The Balaban J connectivity index is 1.56. The van der Waals surface area contributed by atoms with Gasteiger partial charge in [0, 0.05) is 12.7 Å². The van der Waals surface area contributed by atoms with Gasteiger partial charge in [0.1, 0.15) is 29.8 Å². The van der Waals surface area contributed by atoms with E-state index in [9.17, 15) is 29.0 Å². The first kappa shape index (κ1) is 40.5. The smallest absolute Gasteiger partial charge is 0.460 e. The first-order valence-corrected chi connectivity index (χ1v) is 19.0. The number of para-hydroxylation sites is 1. The van der Waals surface area contributed by atoms with Crippen molar-refractivity contribution in [2.24, 2.45) is 10.7 Å². The highest BCUT2D eigenvalue weighted by Crippen LogP contribution is 2.61. The molecule has 0 aromatic heterocycles. The summed E-state index contributed by atoms with van der Waals surface area (Å²) in [6.07, 6.45) is -5.10. The zero-order valence-corrected chi connectivity index (χ0v) is 29.9. The molecule has 0 bridgehead atoms. The van der Waals surface area contributed by atoms with Crippen molar-refractivity contribution in [1.29, 1.82) is 0 Å². The molecule has 2 aromatic carbocycles. The molecule has 0 spiro atoms. The summed E-state index contributed by atoms with van der Waals surface area (Å²) in [5.41, 5.74) is 3.84. The Kier molecular flexibility index (Phi) is 13.5. The van der Waals surface area contributed by atoms with Crippen molar-refractivity contribution < 1.29 is 60.6 Å². The molecule has 16 nitrogen and oxygen atoms in total. The van der Waals surface area contributed by atoms with Gasteiger partial charge < -0.3 is 44.6 Å². The van der Waals surface area contributed by atoms with Crippen LogP contribution in [0.25, 0.3) is 0 Å². The number of aliphatic imine (C=N–C) groups is 1. The molecular formula is C31H43F2N5O11P2. The molecule has 2 aliphatic heterocycles. The van der Waals surface area contributed by atoms with Gasteiger partial charge in [0.25, 0.3) is 0 Å². The van der Waals surface area contributed by atoms with Gasteiger partial charge in [-0.1, -0.05) is 62.4 Å². The van der Waals surface area contributed by atoms with Crippen LogP contribution in [0.2, 0.25) is 0 Å². The summed E-state index contributed by atoms with van der Waals surface area (Å²) in [5.74, 6) is -5.26. The monoisotopic (exact) mass is 761 g/mol. The standard InChI is InChI=1S/C31H43F2N5O11P2/c1-4-37(5-2)19-17-30(27(40)31(32,33)28(47-30)38-18-16-25(34)35-29(38)41)21-46-51(43,44)49-50(42,48-24-14-10-7-11-15-24)36-22(3)26(39)45-20-23-12-8-6-9-13-23/h6-16,18,22,27-29,40-41H,4-5,17,19-21H2,1-3H3,(H2,34,35)(H,36,42)(H,43,44)/t22-,27?,28+,29?,30+,50?/m0/s1. The Hall–Kier alpha value is -3.28. The second-order valence-corrected chi connectivity index (χ2v) is 15.0. The van der Waals surface area contributed by atoms with Crippen molar-refractivity contribution in [1.82, 2.24) is 14.9 Å². The third-order valence-corrected chi connectivity index (χ3v) is 11.4. The number of aliphatic hydroxyl groups is 2. The van der Waals surface area contributed by atoms with E-state index >= 15 is 8.78 Å². The van der Waals surface area contributed by atoms with Crippen LogP contribution in [0.3, 0.4) is 0 Å². The van der Waals surface area contributed by atoms with Crippen LogP contribution in [0, 0.1) is 0 Å². The zero-order valence-electron chi connectivity index (χ0n) is 28.2. The van der Waals surface area contributed by atoms with E-state index in [1.54, 1.807) is 36.4 Å². The van der Waals surface area contributed by atoms with Gasteiger partial charge in [0.15, 0.2) is 6.10 Å². The predicted molar refractivity (Wildman–Crippen MR) is 180 cm³/mol. The quantitative estimate of drug-likeness (QED) is 0.109. The lowest BCUT2D eigenvalue weighted by atomic mass is 9.91. The lowest BCUT2D eigenvalue weighted by Crippen LogP contribution is -2.53. The van der Waals surface area contributed by atoms with Gasteiger partial charge in [0.2, 0.25) is 12.6 Å². The molecule has 6 N–H and O–H groups in total. The van der Waals surface area contributed by atoms with Crippen molar-refractivity contribution in [2.75, 3.05) is 26.2 Å². The van der Waals surface area contributed by atoms with Gasteiger partial charge in [0.05, 0.1) is 6.61 Å². The third kappa shape index (κ3) is 10.4. The molecular weight excluding hydrogens is 718 g/mol. The first-order chi connectivity index (χ1) is 24.0. The molecule has 282 valence electrons. The lowest BCUT2D eigenvalue weighted by Gasteiger charge is -2.35. The van der Waals surface area contributed by atoms with E-state index in [0.717, 1.165) is 12.3 Å². The Labute approximate surface area is 294 Å². The summed E-state index contributed by atoms with van der Waals surface area (Å²) >= 11 is 0. The van der Waals surface area contributed by atoms with Crippen molar-refractivity contribution in [3.63, 3.8) is 0 Å². The summed E-state index contributed by atoms with van der Waals surface area (Å²) in [6, 6.07) is 14.6. The topological polar surface area (TPSA) is 215 Å². The summed E-state index contributed by atoms with van der Waals surface area (Å²) in [7, 11) is -10.6. The number of phosphoric acid groups is 1. The van der Waals surface area contributed by atoms with Gasteiger partial charge >= 0.3 is 27.5 Å². The number of esters is 1. The van der Waals surface area contributed by atoms with E-state index in [2.05, 4.69) is 10.1 Å². The van der Waals surface area contributed by atoms with Crippen LogP contribution in [0.1, 0.15) is 32.8 Å². The Morgan fingerprint density at radius 3 is 2.35 bits per heavy atom. The fraction of sp³-hybridized carbons (Fsp3) is 0.484. The number of nitrogens with one attached hydrogen (secondary N) is 1. The number of alkyl halides is 2. The number of amidine groups is 1. The Morgan fingerprint density at radius 1 is 1.12 bits per heavy atom. The minimum absolute atomic E-state index is 0.0656. The lowest BCUT2D eigenvalue weighted by molar-refractivity contribution is -0.194. The number of rotatable bonds is 18. The molecule has 51 heavy (non-hydrogen) atoms. The fourth-order valence-electron chi connectivity index (χ4n) is 5.24. The van der Waals surface area contributed by atoms with Gasteiger partial charge in [-0.25, -0.2) is 14.1 Å². The van der Waals surface area contributed by atoms with Crippen LogP contribution in [0.15, 0.2) is 77.9 Å². The minimum Gasteiger partial charge on any atom is -0.460 e. The largest absolute Gasteiger partial charge is 0.481 e. The third-order valence-electron chi connectivity index (χ3n) is 8.08. The fourth-order valence-corrected chi connectivity index (χ4v) is 8.25.